The molecule has 13 heavy (non-hydrogen) atoms. The fraction of sp³-hybridized carbons (Fsp3) is 0.500. The van der Waals surface area contributed by atoms with Crippen molar-refractivity contribution in [3.8, 4) is 5.75 Å². The van der Waals surface area contributed by atoms with E-state index in [1.165, 1.54) is 22.0 Å². The van der Waals surface area contributed by atoms with Crippen molar-refractivity contribution in [1.82, 2.24) is 4.98 Å². The molecule has 0 spiro atoms. The molecule has 1 aromatic rings. The van der Waals surface area contributed by atoms with Gasteiger partial charge in [-0.2, -0.15) is 0 Å². The van der Waals surface area contributed by atoms with E-state index in [1.54, 1.807) is 0 Å². The lowest BCUT2D eigenvalue weighted by Gasteiger charge is -2.08. The topological polar surface area (TPSA) is 22.1 Å². The zero-order valence-electron chi connectivity index (χ0n) is 7.59. The average Bonchev–Trinajstić information content (AvgIpc) is 2.92. The predicted octanol–water partition coefficient (Wildman–Crippen LogP) is 2.79. The standard InChI is InChI=1S/C10H12INO/c1-2-7-5-12-6-9(10(7)11)13-8-3-4-8/h5-6,8H,2-4H2,1H3. The van der Waals surface area contributed by atoms with Crippen LogP contribution >= 0.6 is 22.6 Å². The normalized spacial score (nSPS) is 15.8. The lowest BCUT2D eigenvalue weighted by molar-refractivity contribution is 0.299. The van der Waals surface area contributed by atoms with E-state index in [2.05, 4.69) is 34.5 Å². The molecule has 0 aliphatic heterocycles. The third-order valence-electron chi connectivity index (χ3n) is 2.12. The third kappa shape index (κ3) is 2.13. The predicted molar refractivity (Wildman–Crippen MR) is 60.0 cm³/mol. The van der Waals surface area contributed by atoms with Crippen LogP contribution in [0.25, 0.3) is 0 Å². The molecule has 2 nitrogen and oxygen atoms in total. The Morgan fingerprint density at radius 2 is 2.31 bits per heavy atom. The van der Waals surface area contributed by atoms with Crippen molar-refractivity contribution in [2.24, 2.45) is 0 Å². The molecule has 2 rings (SSSR count). The molecular formula is C10H12INO. The van der Waals surface area contributed by atoms with Gasteiger partial charge in [0.05, 0.1) is 15.9 Å². The summed E-state index contributed by atoms with van der Waals surface area (Å²) in [4.78, 5) is 4.17. The second kappa shape index (κ2) is 3.82. The van der Waals surface area contributed by atoms with Gasteiger partial charge in [0, 0.05) is 6.20 Å². The van der Waals surface area contributed by atoms with Crippen LogP contribution in [0.5, 0.6) is 5.75 Å². The summed E-state index contributed by atoms with van der Waals surface area (Å²) in [5, 5.41) is 0. The van der Waals surface area contributed by atoms with Crippen LogP contribution in [-0.4, -0.2) is 11.1 Å². The van der Waals surface area contributed by atoms with E-state index in [0.29, 0.717) is 6.10 Å². The number of ether oxygens (including phenoxy) is 1. The third-order valence-corrected chi connectivity index (χ3v) is 3.34. The van der Waals surface area contributed by atoms with Gasteiger partial charge in [-0.15, -0.1) is 0 Å². The van der Waals surface area contributed by atoms with Gasteiger partial charge in [-0.05, 0) is 47.4 Å². The van der Waals surface area contributed by atoms with Crippen molar-refractivity contribution in [3.05, 3.63) is 21.5 Å². The largest absolute Gasteiger partial charge is 0.488 e. The smallest absolute Gasteiger partial charge is 0.151 e. The zero-order valence-corrected chi connectivity index (χ0v) is 9.74. The van der Waals surface area contributed by atoms with Crippen molar-refractivity contribution >= 4 is 22.6 Å². The van der Waals surface area contributed by atoms with Gasteiger partial charge >= 0.3 is 0 Å². The summed E-state index contributed by atoms with van der Waals surface area (Å²) in [5.41, 5.74) is 1.28. The van der Waals surface area contributed by atoms with Crippen LogP contribution in [0.15, 0.2) is 12.4 Å². The van der Waals surface area contributed by atoms with Gasteiger partial charge < -0.3 is 4.74 Å². The summed E-state index contributed by atoms with van der Waals surface area (Å²) in [7, 11) is 0. The lowest BCUT2D eigenvalue weighted by atomic mass is 10.2. The van der Waals surface area contributed by atoms with Crippen molar-refractivity contribution in [2.45, 2.75) is 32.3 Å². The van der Waals surface area contributed by atoms with E-state index in [1.807, 2.05) is 12.4 Å². The highest BCUT2D eigenvalue weighted by Gasteiger charge is 2.24. The molecule has 1 saturated carbocycles. The number of nitrogens with zero attached hydrogens (tertiary/aromatic N) is 1. The molecule has 1 fully saturated rings. The number of hydrogen-bond acceptors (Lipinski definition) is 2. The van der Waals surface area contributed by atoms with Crippen molar-refractivity contribution in [1.29, 1.82) is 0 Å². The first-order valence-electron chi connectivity index (χ1n) is 4.60. The first-order valence-corrected chi connectivity index (χ1v) is 5.68. The van der Waals surface area contributed by atoms with Crippen LogP contribution in [0.3, 0.4) is 0 Å². The molecule has 1 aliphatic carbocycles. The van der Waals surface area contributed by atoms with Gasteiger partial charge in [-0.3, -0.25) is 4.98 Å². The quantitative estimate of drug-likeness (QED) is 0.798. The number of rotatable bonds is 3. The maximum Gasteiger partial charge on any atom is 0.151 e. The summed E-state index contributed by atoms with van der Waals surface area (Å²) < 4.78 is 6.95. The second-order valence-corrected chi connectivity index (χ2v) is 4.36. The Bertz CT molecular complexity index is 310. The molecule has 0 amide bonds. The molecule has 0 N–H and O–H groups in total. The average molecular weight is 289 g/mol. The molecule has 0 saturated heterocycles. The van der Waals surface area contributed by atoms with E-state index in [9.17, 15) is 0 Å². The first kappa shape index (κ1) is 9.24. The van der Waals surface area contributed by atoms with Crippen LogP contribution in [0, 0.1) is 3.57 Å². The minimum Gasteiger partial charge on any atom is -0.488 e. The van der Waals surface area contributed by atoms with E-state index in [-0.39, 0.29) is 0 Å². The molecule has 0 atom stereocenters. The molecule has 0 aromatic carbocycles. The first-order chi connectivity index (χ1) is 6.31. The lowest BCUT2D eigenvalue weighted by Crippen LogP contribution is -2.00. The number of halogens is 1. The second-order valence-electron chi connectivity index (χ2n) is 3.28. The van der Waals surface area contributed by atoms with Crippen molar-refractivity contribution < 1.29 is 4.74 Å². The molecule has 3 heteroatoms. The summed E-state index contributed by atoms with van der Waals surface area (Å²) in [5.74, 6) is 0.961. The Balaban J connectivity index is 2.22. The monoisotopic (exact) mass is 289 g/mol. The Labute approximate surface area is 91.8 Å². The summed E-state index contributed by atoms with van der Waals surface area (Å²) in [6, 6.07) is 0. The summed E-state index contributed by atoms with van der Waals surface area (Å²) in [6.07, 6.45) is 7.62. The van der Waals surface area contributed by atoms with Crippen LogP contribution in [0.1, 0.15) is 25.3 Å². The van der Waals surface area contributed by atoms with E-state index in [0.717, 1.165) is 12.2 Å². The molecular weight excluding hydrogens is 277 g/mol. The molecule has 0 radical (unpaired) electrons. The Morgan fingerprint density at radius 3 is 2.92 bits per heavy atom. The van der Waals surface area contributed by atoms with Crippen molar-refractivity contribution in [3.63, 3.8) is 0 Å². The number of pyridine rings is 1. The van der Waals surface area contributed by atoms with Gasteiger partial charge in [-0.1, -0.05) is 6.92 Å². The van der Waals surface area contributed by atoms with E-state index in [4.69, 9.17) is 4.74 Å². The Morgan fingerprint density at radius 1 is 1.54 bits per heavy atom. The molecule has 70 valence electrons. The highest BCUT2D eigenvalue weighted by molar-refractivity contribution is 14.1. The minimum atomic E-state index is 0.461. The summed E-state index contributed by atoms with van der Waals surface area (Å²) in [6.45, 7) is 2.14. The van der Waals surface area contributed by atoms with Crippen LogP contribution in [-0.2, 0) is 6.42 Å². The number of aryl methyl sites for hydroxylation is 1. The van der Waals surface area contributed by atoms with Crippen LogP contribution in [0.2, 0.25) is 0 Å². The fourth-order valence-electron chi connectivity index (χ4n) is 1.16. The fourth-order valence-corrected chi connectivity index (χ4v) is 1.95. The van der Waals surface area contributed by atoms with Gasteiger partial charge in [-0.25, -0.2) is 0 Å². The van der Waals surface area contributed by atoms with Crippen molar-refractivity contribution in [2.75, 3.05) is 0 Å². The molecule has 1 aliphatic rings. The van der Waals surface area contributed by atoms with Gasteiger partial charge in [0.1, 0.15) is 0 Å². The Kier molecular flexibility index (Phi) is 2.71. The highest BCUT2D eigenvalue weighted by atomic mass is 127. The van der Waals surface area contributed by atoms with Crippen LogP contribution in [0.4, 0.5) is 0 Å². The SMILES string of the molecule is CCc1cncc(OC2CC2)c1I. The maximum atomic E-state index is 5.73. The van der Waals surface area contributed by atoms with Crippen LogP contribution < -0.4 is 4.74 Å². The number of hydrogen-bond donors (Lipinski definition) is 0. The number of aromatic nitrogens is 1. The molecule has 1 heterocycles. The molecule has 0 unspecified atom stereocenters. The summed E-state index contributed by atoms with van der Waals surface area (Å²) >= 11 is 2.34. The van der Waals surface area contributed by atoms with Gasteiger partial charge in [0.15, 0.2) is 5.75 Å². The van der Waals surface area contributed by atoms with Gasteiger partial charge in [0.2, 0.25) is 0 Å². The maximum absolute atomic E-state index is 5.73. The van der Waals surface area contributed by atoms with E-state index < -0.39 is 0 Å². The molecule has 0 bridgehead atoms. The van der Waals surface area contributed by atoms with E-state index >= 15 is 0 Å². The molecule has 1 aromatic heterocycles. The highest BCUT2D eigenvalue weighted by Crippen LogP contribution is 2.30. The van der Waals surface area contributed by atoms with Gasteiger partial charge in [0.25, 0.3) is 0 Å². The zero-order chi connectivity index (χ0) is 9.26. The minimum absolute atomic E-state index is 0.461. The Hall–Kier alpha value is -0.320.